The summed E-state index contributed by atoms with van der Waals surface area (Å²) in [5.41, 5.74) is 1.79. The molecule has 0 spiro atoms. The molecule has 0 amide bonds. The Morgan fingerprint density at radius 1 is 1.29 bits per heavy atom. The van der Waals surface area contributed by atoms with E-state index in [9.17, 15) is 10.2 Å². The lowest BCUT2D eigenvalue weighted by molar-refractivity contribution is 0.103. The summed E-state index contributed by atoms with van der Waals surface area (Å²) in [6.45, 7) is 7.47. The number of benzene rings is 1. The number of aryl methyl sites for hydroxylation is 1. The molecule has 1 rings (SSSR count). The van der Waals surface area contributed by atoms with Crippen LogP contribution in [-0.4, -0.2) is 37.0 Å². The lowest BCUT2D eigenvalue weighted by Gasteiger charge is -2.30. The van der Waals surface area contributed by atoms with Crippen LogP contribution in [0.15, 0.2) is 18.2 Å². The number of rotatable bonds is 9. The van der Waals surface area contributed by atoms with Crippen LogP contribution >= 0.6 is 0 Å². The second-order valence-corrected chi connectivity index (χ2v) is 5.76. The molecule has 4 nitrogen and oxygen atoms in total. The van der Waals surface area contributed by atoms with Crippen molar-refractivity contribution in [2.24, 2.45) is 5.41 Å². The lowest BCUT2D eigenvalue weighted by atomic mass is 9.83. The van der Waals surface area contributed by atoms with Crippen LogP contribution in [0.25, 0.3) is 0 Å². The maximum absolute atomic E-state index is 10.4. The monoisotopic (exact) mass is 295 g/mol. The van der Waals surface area contributed by atoms with Gasteiger partial charge in [0.25, 0.3) is 0 Å². The van der Waals surface area contributed by atoms with E-state index in [1.54, 1.807) is 7.11 Å². The molecular formula is C17H29NO3. The Bertz CT molecular complexity index is 422. The van der Waals surface area contributed by atoms with Gasteiger partial charge in [-0.05, 0) is 31.9 Å². The van der Waals surface area contributed by atoms with Crippen molar-refractivity contribution < 1.29 is 14.9 Å². The largest absolute Gasteiger partial charge is 0.496 e. The third-order valence-electron chi connectivity index (χ3n) is 4.42. The Morgan fingerprint density at radius 2 is 1.95 bits per heavy atom. The first-order valence-electron chi connectivity index (χ1n) is 7.66. The minimum absolute atomic E-state index is 0.101. The van der Waals surface area contributed by atoms with Crippen molar-refractivity contribution in [1.29, 1.82) is 0 Å². The fourth-order valence-electron chi connectivity index (χ4n) is 2.48. The van der Waals surface area contributed by atoms with Gasteiger partial charge in [-0.2, -0.15) is 0 Å². The Hall–Kier alpha value is -1.10. The third kappa shape index (κ3) is 4.70. The number of hydrogen-bond acceptors (Lipinski definition) is 4. The Balaban J connectivity index is 2.66. The van der Waals surface area contributed by atoms with Crippen molar-refractivity contribution in [2.75, 3.05) is 26.8 Å². The van der Waals surface area contributed by atoms with E-state index in [4.69, 9.17) is 4.74 Å². The molecule has 0 saturated carbocycles. The molecule has 0 bridgehead atoms. The summed E-state index contributed by atoms with van der Waals surface area (Å²) in [5, 5.41) is 23.2. The van der Waals surface area contributed by atoms with Gasteiger partial charge in [-0.25, -0.2) is 0 Å². The first-order valence-corrected chi connectivity index (χ1v) is 7.66. The predicted molar refractivity (Wildman–Crippen MR) is 85.7 cm³/mol. The average molecular weight is 295 g/mol. The summed E-state index contributed by atoms with van der Waals surface area (Å²) in [5.74, 6) is 0.703. The molecule has 0 saturated heterocycles. The Kier molecular flexibility index (Phi) is 7.15. The van der Waals surface area contributed by atoms with Gasteiger partial charge in [0.05, 0.1) is 13.2 Å². The zero-order valence-electron chi connectivity index (χ0n) is 13.6. The molecule has 4 heteroatoms. The number of aliphatic hydroxyl groups excluding tert-OH is 2. The number of methoxy groups -OCH3 is 1. The van der Waals surface area contributed by atoms with E-state index in [-0.39, 0.29) is 12.0 Å². The molecule has 0 aliphatic heterocycles. The van der Waals surface area contributed by atoms with Gasteiger partial charge >= 0.3 is 0 Å². The molecule has 1 aromatic rings. The SMILES string of the molecule is CCC(CC)(CO)CNCC(O)c1cc(C)ccc1OC. The van der Waals surface area contributed by atoms with E-state index in [0.717, 1.165) is 24.0 Å². The summed E-state index contributed by atoms with van der Waals surface area (Å²) < 4.78 is 5.30. The standard InChI is InChI=1S/C17H29NO3/c1-5-17(6-2,12-19)11-18-10-15(20)14-9-13(3)7-8-16(14)21-4/h7-9,15,18-20H,5-6,10-12H2,1-4H3. The maximum Gasteiger partial charge on any atom is 0.124 e. The predicted octanol–water partition coefficient (Wildman–Crippen LogP) is 2.43. The third-order valence-corrected chi connectivity index (χ3v) is 4.42. The van der Waals surface area contributed by atoms with Gasteiger partial charge < -0.3 is 20.3 Å². The van der Waals surface area contributed by atoms with Crippen molar-refractivity contribution in [3.05, 3.63) is 29.3 Å². The summed E-state index contributed by atoms with van der Waals surface area (Å²) in [7, 11) is 1.61. The number of ether oxygens (including phenoxy) is 1. The highest BCUT2D eigenvalue weighted by atomic mass is 16.5. The number of nitrogens with one attached hydrogen (secondary N) is 1. The van der Waals surface area contributed by atoms with E-state index in [0.29, 0.717) is 18.8 Å². The molecule has 0 heterocycles. The molecule has 1 atom stereocenters. The second-order valence-electron chi connectivity index (χ2n) is 5.76. The minimum Gasteiger partial charge on any atom is -0.496 e. The first-order chi connectivity index (χ1) is 10.0. The molecule has 0 fully saturated rings. The van der Waals surface area contributed by atoms with E-state index in [2.05, 4.69) is 19.2 Å². The molecular weight excluding hydrogens is 266 g/mol. The average Bonchev–Trinajstić information content (AvgIpc) is 2.52. The van der Waals surface area contributed by atoms with Crippen LogP contribution < -0.4 is 10.1 Å². The van der Waals surface area contributed by atoms with E-state index in [1.807, 2.05) is 25.1 Å². The first kappa shape index (κ1) is 18.0. The van der Waals surface area contributed by atoms with Crippen molar-refractivity contribution in [1.82, 2.24) is 5.32 Å². The number of aliphatic hydroxyl groups is 2. The smallest absolute Gasteiger partial charge is 0.124 e. The molecule has 3 N–H and O–H groups in total. The van der Waals surface area contributed by atoms with Gasteiger partial charge in [-0.3, -0.25) is 0 Å². The van der Waals surface area contributed by atoms with Gasteiger partial charge in [0.15, 0.2) is 0 Å². The van der Waals surface area contributed by atoms with Crippen molar-refractivity contribution in [3.63, 3.8) is 0 Å². The number of hydrogen-bond donors (Lipinski definition) is 3. The lowest BCUT2D eigenvalue weighted by Crippen LogP contribution is -2.38. The molecule has 0 radical (unpaired) electrons. The van der Waals surface area contributed by atoms with Crippen LogP contribution in [-0.2, 0) is 0 Å². The van der Waals surface area contributed by atoms with Crippen molar-refractivity contribution >= 4 is 0 Å². The minimum atomic E-state index is -0.620. The summed E-state index contributed by atoms with van der Waals surface area (Å²) in [6, 6.07) is 5.79. The van der Waals surface area contributed by atoms with Crippen LogP contribution in [0, 0.1) is 12.3 Å². The maximum atomic E-state index is 10.4. The molecule has 0 aliphatic carbocycles. The normalized spacial score (nSPS) is 13.2. The van der Waals surface area contributed by atoms with Gasteiger partial charge in [0.1, 0.15) is 5.75 Å². The molecule has 21 heavy (non-hydrogen) atoms. The van der Waals surface area contributed by atoms with Gasteiger partial charge in [0, 0.05) is 30.7 Å². The van der Waals surface area contributed by atoms with Crippen LogP contribution in [0.1, 0.15) is 43.9 Å². The van der Waals surface area contributed by atoms with Crippen molar-refractivity contribution in [2.45, 2.75) is 39.7 Å². The molecule has 0 aliphatic rings. The Morgan fingerprint density at radius 3 is 2.48 bits per heavy atom. The highest BCUT2D eigenvalue weighted by Gasteiger charge is 2.25. The van der Waals surface area contributed by atoms with Gasteiger partial charge in [0.2, 0.25) is 0 Å². The zero-order valence-corrected chi connectivity index (χ0v) is 13.6. The zero-order chi connectivity index (χ0) is 15.9. The topological polar surface area (TPSA) is 61.7 Å². The second kappa shape index (κ2) is 8.37. The summed E-state index contributed by atoms with van der Waals surface area (Å²) in [6.07, 6.45) is 1.21. The van der Waals surface area contributed by atoms with Crippen molar-refractivity contribution in [3.8, 4) is 5.75 Å². The summed E-state index contributed by atoms with van der Waals surface area (Å²) in [4.78, 5) is 0. The highest BCUT2D eigenvalue weighted by molar-refractivity contribution is 5.38. The van der Waals surface area contributed by atoms with E-state index >= 15 is 0 Å². The van der Waals surface area contributed by atoms with Gasteiger partial charge in [-0.1, -0.05) is 25.5 Å². The fraction of sp³-hybridized carbons (Fsp3) is 0.647. The molecule has 1 aromatic carbocycles. The van der Waals surface area contributed by atoms with Crippen LogP contribution in [0.2, 0.25) is 0 Å². The quantitative estimate of drug-likeness (QED) is 0.655. The van der Waals surface area contributed by atoms with Crippen LogP contribution in [0.4, 0.5) is 0 Å². The van der Waals surface area contributed by atoms with Crippen LogP contribution in [0.5, 0.6) is 5.75 Å². The highest BCUT2D eigenvalue weighted by Crippen LogP contribution is 2.27. The molecule has 120 valence electrons. The van der Waals surface area contributed by atoms with E-state index < -0.39 is 6.10 Å². The molecule has 1 unspecified atom stereocenters. The summed E-state index contributed by atoms with van der Waals surface area (Å²) >= 11 is 0. The van der Waals surface area contributed by atoms with Crippen LogP contribution in [0.3, 0.4) is 0 Å². The van der Waals surface area contributed by atoms with Gasteiger partial charge in [-0.15, -0.1) is 0 Å². The van der Waals surface area contributed by atoms with E-state index in [1.165, 1.54) is 0 Å². The molecule has 0 aromatic heterocycles. The Labute approximate surface area is 128 Å². The fourth-order valence-corrected chi connectivity index (χ4v) is 2.48.